The number of hydrogen-bond donors (Lipinski definition) is 3. The fraction of sp³-hybridized carbons (Fsp3) is 0.464. The van der Waals surface area contributed by atoms with Crippen molar-refractivity contribution in [2.75, 3.05) is 25.0 Å². The number of piperidine rings is 1. The van der Waals surface area contributed by atoms with Crippen molar-refractivity contribution in [3.05, 3.63) is 65.2 Å². The quantitative estimate of drug-likeness (QED) is 0.621. The van der Waals surface area contributed by atoms with Crippen LogP contribution in [0.25, 0.3) is 0 Å². The van der Waals surface area contributed by atoms with Crippen molar-refractivity contribution in [1.29, 1.82) is 0 Å². The minimum atomic E-state index is -1.01. The second-order valence-electron chi connectivity index (χ2n) is 10.3. The van der Waals surface area contributed by atoms with E-state index in [9.17, 15) is 14.4 Å². The molecular formula is C28H33N3O4. The summed E-state index contributed by atoms with van der Waals surface area (Å²) in [4.78, 5) is 40.3. The Labute approximate surface area is 205 Å². The third-order valence-corrected chi connectivity index (χ3v) is 8.27. The molecule has 2 amide bonds. The molecule has 2 aromatic rings. The summed E-state index contributed by atoms with van der Waals surface area (Å²) in [6.45, 7) is 2.66. The van der Waals surface area contributed by atoms with Crippen LogP contribution in [0.1, 0.15) is 66.1 Å². The van der Waals surface area contributed by atoms with Gasteiger partial charge < -0.3 is 20.6 Å². The van der Waals surface area contributed by atoms with E-state index in [-0.39, 0.29) is 23.3 Å². The molecule has 7 heteroatoms. The highest BCUT2D eigenvalue weighted by Crippen LogP contribution is 2.46. The molecule has 0 aromatic heterocycles. The molecule has 2 aliphatic heterocycles. The lowest BCUT2D eigenvalue weighted by molar-refractivity contribution is -0.144. The van der Waals surface area contributed by atoms with E-state index in [1.54, 1.807) is 17.0 Å². The topological polar surface area (TPSA) is 98.7 Å². The van der Waals surface area contributed by atoms with E-state index in [0.29, 0.717) is 17.6 Å². The molecule has 184 valence electrons. The van der Waals surface area contributed by atoms with E-state index in [1.807, 2.05) is 24.3 Å². The van der Waals surface area contributed by atoms with Gasteiger partial charge in [0.2, 0.25) is 5.91 Å². The number of carboxylic acid groups (broad SMARTS) is 1. The number of rotatable bonds is 4. The van der Waals surface area contributed by atoms with Gasteiger partial charge in [0.15, 0.2) is 0 Å². The largest absolute Gasteiger partial charge is 0.478 e. The number of carboxylic acids is 1. The van der Waals surface area contributed by atoms with Crippen molar-refractivity contribution < 1.29 is 19.5 Å². The van der Waals surface area contributed by atoms with Crippen molar-refractivity contribution in [3.8, 4) is 0 Å². The van der Waals surface area contributed by atoms with E-state index in [1.165, 1.54) is 25.0 Å². The predicted octanol–water partition coefficient (Wildman–Crippen LogP) is 4.01. The third-order valence-electron chi connectivity index (χ3n) is 8.27. The van der Waals surface area contributed by atoms with Crippen molar-refractivity contribution >= 4 is 23.5 Å². The number of nitrogens with zero attached hydrogens (tertiary/aromatic N) is 1. The molecule has 7 nitrogen and oxygen atoms in total. The van der Waals surface area contributed by atoms with Gasteiger partial charge in [0.25, 0.3) is 5.91 Å². The lowest BCUT2D eigenvalue weighted by atomic mass is 9.65. The molecule has 2 aromatic carbocycles. The first-order valence-electron chi connectivity index (χ1n) is 12.7. The Morgan fingerprint density at radius 3 is 2.31 bits per heavy atom. The van der Waals surface area contributed by atoms with Gasteiger partial charge in [-0.15, -0.1) is 0 Å². The number of fused-ring (bicyclic) bond motifs is 1. The zero-order valence-corrected chi connectivity index (χ0v) is 20.0. The number of amides is 2. The van der Waals surface area contributed by atoms with E-state index < -0.39 is 12.0 Å². The van der Waals surface area contributed by atoms with Crippen LogP contribution in [0.2, 0.25) is 0 Å². The van der Waals surface area contributed by atoms with Gasteiger partial charge in [0.1, 0.15) is 6.04 Å². The Morgan fingerprint density at radius 2 is 1.63 bits per heavy atom. The van der Waals surface area contributed by atoms with Gasteiger partial charge in [0, 0.05) is 18.2 Å². The second kappa shape index (κ2) is 9.82. The van der Waals surface area contributed by atoms with Crippen LogP contribution in [-0.2, 0) is 16.0 Å². The number of nitrogens with one attached hydrogen (secondary N) is 2. The Morgan fingerprint density at radius 1 is 0.943 bits per heavy atom. The number of carbonyl (C=O) groups is 3. The zero-order valence-electron chi connectivity index (χ0n) is 20.0. The van der Waals surface area contributed by atoms with Crippen LogP contribution in [0.3, 0.4) is 0 Å². The first-order chi connectivity index (χ1) is 17.0. The van der Waals surface area contributed by atoms with Gasteiger partial charge >= 0.3 is 5.97 Å². The highest BCUT2D eigenvalue weighted by molar-refractivity contribution is 5.99. The van der Waals surface area contributed by atoms with Crippen molar-refractivity contribution in [1.82, 2.24) is 10.2 Å². The van der Waals surface area contributed by atoms with Crippen LogP contribution < -0.4 is 10.6 Å². The molecule has 1 aliphatic carbocycles. The normalized spacial score (nSPS) is 21.8. The smallest absolute Gasteiger partial charge is 0.335 e. The van der Waals surface area contributed by atoms with Gasteiger partial charge in [-0.25, -0.2) is 4.79 Å². The molecule has 3 aliphatic rings. The Kier molecular flexibility index (Phi) is 6.60. The van der Waals surface area contributed by atoms with Crippen LogP contribution >= 0.6 is 0 Å². The first-order valence-corrected chi connectivity index (χ1v) is 12.7. The number of benzene rings is 2. The molecule has 35 heavy (non-hydrogen) atoms. The van der Waals surface area contributed by atoms with Crippen LogP contribution in [-0.4, -0.2) is 47.4 Å². The molecule has 1 spiro atoms. The van der Waals surface area contributed by atoms with E-state index in [2.05, 4.69) is 10.6 Å². The fourth-order valence-corrected chi connectivity index (χ4v) is 6.16. The SMILES string of the molecule is O=C(O)c1ccc(NC(=O)[C@@H]2c3ccccc3CCN2C(=O)C2CCC3(CCNCC3)CC2)cc1. The minimum absolute atomic E-state index is 0.0362. The standard InChI is InChI=1S/C28H33N3O4/c32-25(30-22-7-5-21(6-8-22)27(34)35)24-23-4-2-1-3-19(23)11-18-31(24)26(33)20-9-12-28(13-10-20)14-16-29-17-15-28/h1-8,20,24,29H,9-18H2,(H,30,32)(H,34,35)/t24-/m0/s1. The summed E-state index contributed by atoms with van der Waals surface area (Å²) in [5.74, 6) is -1.23. The van der Waals surface area contributed by atoms with Crippen LogP contribution in [0.15, 0.2) is 48.5 Å². The molecular weight excluding hydrogens is 442 g/mol. The Hall–Kier alpha value is -3.19. The lowest BCUT2D eigenvalue weighted by Gasteiger charge is -2.44. The molecule has 1 saturated carbocycles. The van der Waals surface area contributed by atoms with Gasteiger partial charge in [0.05, 0.1) is 5.56 Å². The summed E-state index contributed by atoms with van der Waals surface area (Å²) in [5.41, 5.74) is 3.02. The summed E-state index contributed by atoms with van der Waals surface area (Å²) in [6.07, 6.45) is 7.07. The second-order valence-corrected chi connectivity index (χ2v) is 10.3. The maximum atomic E-state index is 13.8. The Bertz CT molecular complexity index is 1100. The first kappa shape index (κ1) is 23.5. The highest BCUT2D eigenvalue weighted by atomic mass is 16.4. The van der Waals surface area contributed by atoms with Gasteiger partial charge in [-0.1, -0.05) is 24.3 Å². The monoisotopic (exact) mass is 475 g/mol. The summed E-state index contributed by atoms with van der Waals surface area (Å²) in [6, 6.07) is 13.3. The molecule has 2 fully saturated rings. The van der Waals surface area contributed by atoms with Crippen molar-refractivity contribution in [2.24, 2.45) is 11.3 Å². The average Bonchev–Trinajstić information content (AvgIpc) is 2.89. The summed E-state index contributed by atoms with van der Waals surface area (Å²) >= 11 is 0. The molecule has 0 radical (unpaired) electrons. The summed E-state index contributed by atoms with van der Waals surface area (Å²) < 4.78 is 0. The maximum Gasteiger partial charge on any atom is 0.335 e. The van der Waals surface area contributed by atoms with Gasteiger partial charge in [-0.3, -0.25) is 9.59 Å². The lowest BCUT2D eigenvalue weighted by Crippen LogP contribution is -2.49. The van der Waals surface area contributed by atoms with Gasteiger partial charge in [-0.2, -0.15) is 0 Å². The van der Waals surface area contributed by atoms with E-state index >= 15 is 0 Å². The molecule has 0 bridgehead atoms. The highest BCUT2D eigenvalue weighted by Gasteiger charge is 2.42. The molecule has 2 heterocycles. The van der Waals surface area contributed by atoms with E-state index in [4.69, 9.17) is 5.11 Å². The maximum absolute atomic E-state index is 13.8. The number of hydrogen-bond acceptors (Lipinski definition) is 4. The van der Waals surface area contributed by atoms with Crippen molar-refractivity contribution in [2.45, 2.75) is 51.0 Å². The Balaban J connectivity index is 1.35. The van der Waals surface area contributed by atoms with E-state index in [0.717, 1.165) is 56.3 Å². The summed E-state index contributed by atoms with van der Waals surface area (Å²) in [5, 5.41) is 15.5. The number of aromatic carboxylic acids is 1. The third kappa shape index (κ3) is 4.82. The zero-order chi connectivity index (χ0) is 24.4. The summed E-state index contributed by atoms with van der Waals surface area (Å²) in [7, 11) is 0. The molecule has 1 atom stereocenters. The number of carbonyl (C=O) groups excluding carboxylic acids is 2. The fourth-order valence-electron chi connectivity index (χ4n) is 6.16. The molecule has 3 N–H and O–H groups in total. The molecule has 0 unspecified atom stereocenters. The van der Waals surface area contributed by atoms with Crippen LogP contribution in [0.5, 0.6) is 0 Å². The molecule has 5 rings (SSSR count). The van der Waals surface area contributed by atoms with Crippen LogP contribution in [0, 0.1) is 11.3 Å². The van der Waals surface area contributed by atoms with Gasteiger partial charge in [-0.05, 0) is 98.8 Å². The minimum Gasteiger partial charge on any atom is -0.478 e. The number of anilines is 1. The van der Waals surface area contributed by atoms with Crippen molar-refractivity contribution in [3.63, 3.8) is 0 Å². The molecule has 1 saturated heterocycles. The predicted molar refractivity (Wildman–Crippen MR) is 133 cm³/mol. The average molecular weight is 476 g/mol. The van der Waals surface area contributed by atoms with Crippen LogP contribution in [0.4, 0.5) is 5.69 Å².